The van der Waals surface area contributed by atoms with Crippen LogP contribution < -0.4 is 5.32 Å². The molecule has 5 nitrogen and oxygen atoms in total. The van der Waals surface area contributed by atoms with Gasteiger partial charge in [-0.15, -0.1) is 0 Å². The number of amides is 2. The Hall–Kier alpha value is -2.69. The molecule has 2 aromatic rings. The summed E-state index contributed by atoms with van der Waals surface area (Å²) in [5, 5.41) is 3.04. The zero-order valence-electron chi connectivity index (χ0n) is 16.8. The first-order valence-corrected chi connectivity index (χ1v) is 10.7. The van der Waals surface area contributed by atoms with Gasteiger partial charge in [0.25, 0.3) is 5.91 Å². The Bertz CT molecular complexity index is 823. The van der Waals surface area contributed by atoms with E-state index in [0.29, 0.717) is 24.1 Å². The molecule has 0 unspecified atom stereocenters. The summed E-state index contributed by atoms with van der Waals surface area (Å²) in [4.78, 5) is 30.4. The van der Waals surface area contributed by atoms with Crippen LogP contribution in [-0.4, -0.2) is 40.8 Å². The van der Waals surface area contributed by atoms with Crippen LogP contribution in [0.3, 0.4) is 0 Å². The van der Waals surface area contributed by atoms with Crippen molar-refractivity contribution in [3.05, 3.63) is 65.5 Å². The van der Waals surface area contributed by atoms with Gasteiger partial charge in [-0.3, -0.25) is 14.6 Å². The predicted octanol–water partition coefficient (Wildman–Crippen LogP) is 3.39. The van der Waals surface area contributed by atoms with E-state index in [1.807, 2.05) is 17.0 Å². The maximum Gasteiger partial charge on any atom is 0.272 e. The van der Waals surface area contributed by atoms with Gasteiger partial charge in [0.05, 0.1) is 0 Å². The van der Waals surface area contributed by atoms with Gasteiger partial charge in [0.1, 0.15) is 5.69 Å². The fourth-order valence-corrected chi connectivity index (χ4v) is 3.95. The maximum absolute atomic E-state index is 12.5. The first-order valence-electron chi connectivity index (χ1n) is 10.7. The molecule has 0 bridgehead atoms. The maximum atomic E-state index is 12.5. The fourth-order valence-electron chi connectivity index (χ4n) is 3.95. The van der Waals surface area contributed by atoms with Crippen LogP contribution in [0.1, 0.15) is 53.7 Å². The largest absolute Gasteiger partial charge is 0.353 e. The Morgan fingerprint density at radius 3 is 2.34 bits per heavy atom. The van der Waals surface area contributed by atoms with Gasteiger partial charge in [0.2, 0.25) is 5.91 Å². The SMILES string of the molecule is O=C(CCc1ccc(CC2CCN(C(=O)c3ccccn3)CC2)cc1)NC1CC1. The van der Waals surface area contributed by atoms with Crippen molar-refractivity contribution in [1.29, 1.82) is 0 Å². The third-order valence-electron chi connectivity index (χ3n) is 5.92. The second-order valence-electron chi connectivity index (χ2n) is 8.31. The highest BCUT2D eigenvalue weighted by Gasteiger charge is 2.24. The molecular weight excluding hydrogens is 362 g/mol. The average Bonchev–Trinajstić information content (AvgIpc) is 3.58. The van der Waals surface area contributed by atoms with E-state index in [9.17, 15) is 9.59 Å². The van der Waals surface area contributed by atoms with Crippen molar-refractivity contribution < 1.29 is 9.59 Å². The van der Waals surface area contributed by atoms with Crippen molar-refractivity contribution in [1.82, 2.24) is 15.2 Å². The Labute approximate surface area is 172 Å². The molecule has 1 aliphatic heterocycles. The highest BCUT2D eigenvalue weighted by Crippen LogP contribution is 2.23. The summed E-state index contributed by atoms with van der Waals surface area (Å²) in [6.45, 7) is 1.60. The van der Waals surface area contributed by atoms with Gasteiger partial charge in [0, 0.05) is 31.7 Å². The van der Waals surface area contributed by atoms with E-state index in [-0.39, 0.29) is 11.8 Å². The third-order valence-corrected chi connectivity index (χ3v) is 5.92. The van der Waals surface area contributed by atoms with Crippen LogP contribution >= 0.6 is 0 Å². The number of nitrogens with one attached hydrogen (secondary N) is 1. The lowest BCUT2D eigenvalue weighted by Crippen LogP contribution is -2.39. The molecule has 2 aliphatic rings. The Morgan fingerprint density at radius 1 is 0.966 bits per heavy atom. The van der Waals surface area contributed by atoms with Crippen molar-refractivity contribution in [2.75, 3.05) is 13.1 Å². The molecule has 4 rings (SSSR count). The topological polar surface area (TPSA) is 62.3 Å². The summed E-state index contributed by atoms with van der Waals surface area (Å²) in [6, 6.07) is 14.6. The second-order valence-corrected chi connectivity index (χ2v) is 8.31. The first-order chi connectivity index (χ1) is 14.2. The number of carbonyl (C=O) groups is 2. The van der Waals surface area contributed by atoms with Crippen LogP contribution in [0.2, 0.25) is 0 Å². The van der Waals surface area contributed by atoms with Gasteiger partial charge < -0.3 is 10.2 Å². The minimum atomic E-state index is 0.0409. The van der Waals surface area contributed by atoms with Crippen LogP contribution in [-0.2, 0) is 17.6 Å². The Morgan fingerprint density at radius 2 is 1.69 bits per heavy atom. The smallest absolute Gasteiger partial charge is 0.272 e. The molecule has 2 fully saturated rings. The van der Waals surface area contributed by atoms with E-state index in [1.165, 1.54) is 11.1 Å². The molecule has 0 atom stereocenters. The van der Waals surface area contributed by atoms with Gasteiger partial charge in [-0.25, -0.2) is 0 Å². The number of benzene rings is 1. The number of carbonyl (C=O) groups excluding carboxylic acids is 2. The number of pyridine rings is 1. The lowest BCUT2D eigenvalue weighted by molar-refractivity contribution is -0.121. The molecule has 1 aromatic heterocycles. The van der Waals surface area contributed by atoms with Crippen LogP contribution in [0.4, 0.5) is 0 Å². The van der Waals surface area contributed by atoms with Crippen molar-refractivity contribution >= 4 is 11.8 Å². The molecule has 1 saturated heterocycles. The highest BCUT2D eigenvalue weighted by molar-refractivity contribution is 5.92. The van der Waals surface area contributed by atoms with E-state index in [4.69, 9.17) is 0 Å². The minimum Gasteiger partial charge on any atom is -0.353 e. The normalized spacial score (nSPS) is 17.2. The Balaban J connectivity index is 1.21. The number of nitrogens with zero attached hydrogens (tertiary/aromatic N) is 2. The highest BCUT2D eigenvalue weighted by atomic mass is 16.2. The van der Waals surface area contributed by atoms with Crippen molar-refractivity contribution in [2.45, 2.75) is 51.0 Å². The summed E-state index contributed by atoms with van der Waals surface area (Å²) in [5.41, 5.74) is 3.09. The minimum absolute atomic E-state index is 0.0409. The quantitative estimate of drug-likeness (QED) is 0.787. The van der Waals surface area contributed by atoms with Gasteiger partial charge in [-0.05, 0) is 67.7 Å². The lowest BCUT2D eigenvalue weighted by Gasteiger charge is -2.32. The van der Waals surface area contributed by atoms with E-state index >= 15 is 0 Å². The fraction of sp³-hybridized carbons (Fsp3) is 0.458. The number of rotatable bonds is 7. The van der Waals surface area contributed by atoms with Gasteiger partial charge in [0.15, 0.2) is 0 Å². The average molecular weight is 392 g/mol. The molecule has 0 radical (unpaired) electrons. The molecule has 2 heterocycles. The lowest BCUT2D eigenvalue weighted by atomic mass is 9.89. The van der Waals surface area contributed by atoms with Crippen LogP contribution in [0.5, 0.6) is 0 Å². The molecule has 1 saturated carbocycles. The van der Waals surface area contributed by atoms with E-state index < -0.39 is 0 Å². The third kappa shape index (κ3) is 5.66. The van der Waals surface area contributed by atoms with Crippen molar-refractivity contribution in [2.24, 2.45) is 5.92 Å². The molecule has 29 heavy (non-hydrogen) atoms. The van der Waals surface area contributed by atoms with Crippen molar-refractivity contribution in [3.8, 4) is 0 Å². The summed E-state index contributed by atoms with van der Waals surface area (Å²) in [7, 11) is 0. The van der Waals surface area contributed by atoms with Crippen LogP contribution in [0.15, 0.2) is 48.7 Å². The van der Waals surface area contributed by atoms with E-state index in [1.54, 1.807) is 12.3 Å². The van der Waals surface area contributed by atoms with Gasteiger partial charge in [-0.1, -0.05) is 30.3 Å². The molecule has 5 heteroatoms. The molecule has 1 aliphatic carbocycles. The monoisotopic (exact) mass is 391 g/mol. The van der Waals surface area contributed by atoms with Crippen LogP contribution in [0, 0.1) is 5.92 Å². The number of likely N-dealkylation sites (tertiary alicyclic amines) is 1. The molecule has 1 aromatic carbocycles. The van der Waals surface area contributed by atoms with Gasteiger partial charge in [-0.2, -0.15) is 0 Å². The number of hydrogen-bond donors (Lipinski definition) is 1. The van der Waals surface area contributed by atoms with E-state index in [0.717, 1.165) is 51.6 Å². The van der Waals surface area contributed by atoms with Crippen molar-refractivity contribution in [3.63, 3.8) is 0 Å². The molecular formula is C24H29N3O2. The summed E-state index contributed by atoms with van der Waals surface area (Å²) in [5.74, 6) is 0.820. The molecule has 1 N–H and O–H groups in total. The van der Waals surface area contributed by atoms with Crippen LogP contribution in [0.25, 0.3) is 0 Å². The molecule has 0 spiro atoms. The summed E-state index contributed by atoms with van der Waals surface area (Å²) < 4.78 is 0. The zero-order chi connectivity index (χ0) is 20.1. The zero-order valence-corrected chi connectivity index (χ0v) is 16.8. The molecule has 2 amide bonds. The Kier molecular flexibility index (Phi) is 6.23. The number of aromatic nitrogens is 1. The molecule has 152 valence electrons. The number of hydrogen-bond acceptors (Lipinski definition) is 3. The van der Waals surface area contributed by atoms with Gasteiger partial charge >= 0.3 is 0 Å². The summed E-state index contributed by atoms with van der Waals surface area (Å²) >= 11 is 0. The number of aryl methyl sites for hydroxylation is 1. The predicted molar refractivity (Wildman–Crippen MR) is 112 cm³/mol. The van der Waals surface area contributed by atoms with E-state index in [2.05, 4.69) is 34.6 Å². The number of piperidine rings is 1. The first kappa shape index (κ1) is 19.6. The summed E-state index contributed by atoms with van der Waals surface area (Å²) in [6.07, 6.45) is 8.42. The standard InChI is InChI=1S/C24H29N3O2/c28-23(26-21-9-10-21)11-8-18-4-6-19(7-5-18)17-20-12-15-27(16-13-20)24(29)22-3-1-2-14-25-22/h1-7,14,20-21H,8-13,15-17H2,(H,26,28). The second kappa shape index (κ2) is 9.21.